The zero-order valence-electron chi connectivity index (χ0n) is 20.4. The van der Waals surface area contributed by atoms with Crippen molar-refractivity contribution in [2.75, 3.05) is 13.7 Å². The van der Waals surface area contributed by atoms with Crippen LogP contribution in [0, 0.1) is 0 Å². The predicted molar refractivity (Wildman–Crippen MR) is 112 cm³/mol. The van der Waals surface area contributed by atoms with E-state index in [0.717, 1.165) is 27.9 Å². The number of nitrogens with one attached hydrogen (secondary N) is 1. The van der Waals surface area contributed by atoms with E-state index in [1.165, 1.54) is 0 Å². The highest BCUT2D eigenvalue weighted by Gasteiger charge is 2.60. The van der Waals surface area contributed by atoms with E-state index in [1.807, 2.05) is 0 Å². The standard InChI is InChI=1S/C21H33NO12/c1-11(23)30-10-14-17(31-12(2)24)18(32-13(3)25)21(28,22-19(27)34-20(4,5)6)15(33-14)8-9-16(26)29-7/h14-15,17-18,28H,8-10H2,1-7H3,(H,22,27)/t14-,15-,17+,18+,21+/m1/s1. The summed E-state index contributed by atoms with van der Waals surface area (Å²) in [5, 5.41) is 13.8. The van der Waals surface area contributed by atoms with Crippen molar-refractivity contribution in [2.45, 2.75) is 90.1 Å². The molecule has 0 bridgehead atoms. The number of hydrogen-bond donors (Lipinski definition) is 2. The molecule has 0 spiro atoms. The molecule has 0 radical (unpaired) electrons. The van der Waals surface area contributed by atoms with Gasteiger partial charge in [0.15, 0.2) is 12.2 Å². The third-order valence-corrected chi connectivity index (χ3v) is 4.51. The topological polar surface area (TPSA) is 173 Å². The fourth-order valence-corrected chi connectivity index (χ4v) is 3.28. The summed E-state index contributed by atoms with van der Waals surface area (Å²) in [6.07, 6.45) is -7.44. The molecule has 1 amide bonds. The average molecular weight is 491 g/mol. The fraction of sp³-hybridized carbons (Fsp3) is 0.762. The molecule has 0 aliphatic carbocycles. The number of carbonyl (C=O) groups excluding carboxylic acids is 5. The molecule has 13 heteroatoms. The molecule has 1 saturated heterocycles. The first-order chi connectivity index (χ1) is 15.6. The van der Waals surface area contributed by atoms with Gasteiger partial charge in [-0.25, -0.2) is 4.79 Å². The van der Waals surface area contributed by atoms with E-state index in [4.69, 9.17) is 23.7 Å². The molecule has 0 aromatic heterocycles. The summed E-state index contributed by atoms with van der Waals surface area (Å²) in [5.74, 6) is -3.03. The Labute approximate surface area is 197 Å². The molecule has 1 fully saturated rings. The maximum absolute atomic E-state index is 12.6. The zero-order valence-corrected chi connectivity index (χ0v) is 20.4. The normalized spacial score (nSPS) is 26.6. The van der Waals surface area contributed by atoms with Crippen molar-refractivity contribution < 1.29 is 57.5 Å². The molecule has 1 heterocycles. The number of rotatable bonds is 8. The Morgan fingerprint density at radius 2 is 1.59 bits per heavy atom. The van der Waals surface area contributed by atoms with Crippen molar-refractivity contribution in [1.29, 1.82) is 0 Å². The Morgan fingerprint density at radius 1 is 1.00 bits per heavy atom. The predicted octanol–water partition coefficient (Wildman–Crippen LogP) is 0.347. The van der Waals surface area contributed by atoms with Crippen LogP contribution in [0.4, 0.5) is 4.79 Å². The van der Waals surface area contributed by atoms with Crippen LogP contribution in [-0.4, -0.2) is 84.5 Å². The molecule has 194 valence electrons. The summed E-state index contributed by atoms with van der Waals surface area (Å²) in [5.41, 5.74) is -3.48. The maximum Gasteiger partial charge on any atom is 0.410 e. The Balaban J connectivity index is 3.50. The van der Waals surface area contributed by atoms with Gasteiger partial charge in [0.2, 0.25) is 5.72 Å². The second-order valence-corrected chi connectivity index (χ2v) is 8.64. The van der Waals surface area contributed by atoms with Gasteiger partial charge in [0.25, 0.3) is 0 Å². The van der Waals surface area contributed by atoms with Gasteiger partial charge in [0.1, 0.15) is 24.4 Å². The summed E-state index contributed by atoms with van der Waals surface area (Å²) in [7, 11) is 1.16. The van der Waals surface area contributed by atoms with E-state index < -0.39 is 72.3 Å². The number of ether oxygens (including phenoxy) is 6. The van der Waals surface area contributed by atoms with Crippen LogP contribution < -0.4 is 5.32 Å². The monoisotopic (exact) mass is 491 g/mol. The number of methoxy groups -OCH3 is 1. The Morgan fingerprint density at radius 3 is 2.06 bits per heavy atom. The molecule has 2 N–H and O–H groups in total. The fourth-order valence-electron chi connectivity index (χ4n) is 3.28. The Kier molecular flexibility index (Phi) is 10.2. The molecule has 0 aromatic rings. The molecule has 1 aliphatic heterocycles. The summed E-state index contributed by atoms with van der Waals surface area (Å²) < 4.78 is 31.1. The summed E-state index contributed by atoms with van der Waals surface area (Å²) in [4.78, 5) is 59.4. The minimum atomic E-state index is -2.52. The molecule has 0 aromatic carbocycles. The number of carbonyl (C=O) groups is 5. The third-order valence-electron chi connectivity index (χ3n) is 4.51. The zero-order chi connectivity index (χ0) is 26.3. The van der Waals surface area contributed by atoms with Crippen molar-refractivity contribution in [3.8, 4) is 0 Å². The van der Waals surface area contributed by atoms with E-state index in [0.29, 0.717) is 0 Å². The van der Waals surface area contributed by atoms with Crippen LogP contribution in [0.2, 0.25) is 0 Å². The molecule has 0 saturated carbocycles. The number of alkyl carbamates (subject to hydrolysis) is 1. The van der Waals surface area contributed by atoms with Crippen LogP contribution in [0.15, 0.2) is 0 Å². The highest BCUT2D eigenvalue weighted by Crippen LogP contribution is 2.35. The first-order valence-corrected chi connectivity index (χ1v) is 10.5. The van der Waals surface area contributed by atoms with E-state index >= 15 is 0 Å². The quantitative estimate of drug-likeness (QED) is 0.271. The maximum atomic E-state index is 12.6. The van der Waals surface area contributed by atoms with Gasteiger partial charge in [0, 0.05) is 27.2 Å². The number of esters is 4. The summed E-state index contributed by atoms with van der Waals surface area (Å²) >= 11 is 0. The average Bonchev–Trinajstić information content (AvgIpc) is 2.66. The van der Waals surface area contributed by atoms with Crippen LogP contribution >= 0.6 is 0 Å². The van der Waals surface area contributed by atoms with Gasteiger partial charge in [0.05, 0.1) is 7.11 Å². The highest BCUT2D eigenvalue weighted by atomic mass is 16.6. The lowest BCUT2D eigenvalue weighted by Crippen LogP contribution is -2.74. The second-order valence-electron chi connectivity index (χ2n) is 8.64. The van der Waals surface area contributed by atoms with Gasteiger partial charge in [-0.05, 0) is 27.2 Å². The Bertz CT molecular complexity index is 776. The third kappa shape index (κ3) is 8.78. The van der Waals surface area contributed by atoms with Crippen LogP contribution in [0.25, 0.3) is 0 Å². The summed E-state index contributed by atoms with van der Waals surface area (Å²) in [6.45, 7) is 7.57. The van der Waals surface area contributed by atoms with E-state index in [2.05, 4.69) is 10.1 Å². The van der Waals surface area contributed by atoms with Crippen LogP contribution in [-0.2, 0) is 47.6 Å². The van der Waals surface area contributed by atoms with Crippen LogP contribution in [0.5, 0.6) is 0 Å². The van der Waals surface area contributed by atoms with Gasteiger partial charge in [-0.1, -0.05) is 0 Å². The molecule has 1 rings (SSSR count). The lowest BCUT2D eigenvalue weighted by molar-refractivity contribution is -0.291. The van der Waals surface area contributed by atoms with Gasteiger partial charge >= 0.3 is 30.0 Å². The Hall–Kier alpha value is -2.93. The lowest BCUT2D eigenvalue weighted by Gasteiger charge is -2.50. The number of hydrogen-bond acceptors (Lipinski definition) is 12. The minimum Gasteiger partial charge on any atom is -0.469 e. The van der Waals surface area contributed by atoms with Crippen molar-refractivity contribution >= 4 is 30.0 Å². The van der Waals surface area contributed by atoms with Crippen molar-refractivity contribution in [2.24, 2.45) is 0 Å². The molecule has 1 aliphatic rings. The van der Waals surface area contributed by atoms with Crippen molar-refractivity contribution in [3.63, 3.8) is 0 Å². The largest absolute Gasteiger partial charge is 0.469 e. The molecule has 5 atom stereocenters. The molecular formula is C21H33NO12. The highest BCUT2D eigenvalue weighted by molar-refractivity contribution is 5.71. The minimum absolute atomic E-state index is 0.222. The molecule has 0 unspecified atom stereocenters. The smallest absolute Gasteiger partial charge is 0.410 e. The van der Waals surface area contributed by atoms with Crippen LogP contribution in [0.3, 0.4) is 0 Å². The van der Waals surface area contributed by atoms with Gasteiger partial charge in [-0.2, -0.15) is 0 Å². The second kappa shape index (κ2) is 12.0. The SMILES string of the molecule is COC(=O)CC[C@H]1O[C@H](COC(C)=O)[C@H](OC(C)=O)[C@H](OC(C)=O)[C@]1(O)NC(=O)OC(C)(C)C. The van der Waals surface area contributed by atoms with Gasteiger partial charge < -0.3 is 33.5 Å². The first kappa shape index (κ1) is 29.1. The van der Waals surface area contributed by atoms with Crippen molar-refractivity contribution in [3.05, 3.63) is 0 Å². The van der Waals surface area contributed by atoms with E-state index in [-0.39, 0.29) is 12.8 Å². The van der Waals surface area contributed by atoms with E-state index in [9.17, 15) is 29.1 Å². The molecule has 34 heavy (non-hydrogen) atoms. The first-order valence-electron chi connectivity index (χ1n) is 10.5. The van der Waals surface area contributed by atoms with Crippen LogP contribution in [0.1, 0.15) is 54.4 Å². The summed E-state index contributed by atoms with van der Waals surface area (Å²) in [6, 6.07) is 0. The number of amides is 1. The number of aliphatic hydroxyl groups is 1. The molecular weight excluding hydrogens is 458 g/mol. The van der Waals surface area contributed by atoms with Crippen molar-refractivity contribution in [1.82, 2.24) is 5.32 Å². The molecule has 13 nitrogen and oxygen atoms in total. The van der Waals surface area contributed by atoms with Gasteiger partial charge in [-0.3, -0.25) is 24.5 Å². The van der Waals surface area contributed by atoms with Gasteiger partial charge in [-0.15, -0.1) is 0 Å². The van der Waals surface area contributed by atoms with E-state index in [1.54, 1.807) is 20.8 Å². The lowest BCUT2D eigenvalue weighted by atomic mass is 9.86.